The highest BCUT2D eigenvalue weighted by molar-refractivity contribution is 7.91. The Morgan fingerprint density at radius 1 is 1.42 bits per heavy atom. The normalized spacial score (nSPS) is 15.0. The first-order valence-corrected chi connectivity index (χ1v) is 8.40. The summed E-state index contributed by atoms with van der Waals surface area (Å²) in [5, 5.41) is 3.18. The van der Waals surface area contributed by atoms with E-state index < -0.39 is 15.1 Å². The minimum Gasteiger partial charge on any atom is -0.495 e. The van der Waals surface area contributed by atoms with E-state index in [0.29, 0.717) is 17.3 Å². The van der Waals surface area contributed by atoms with Crippen molar-refractivity contribution in [3.63, 3.8) is 0 Å². The summed E-state index contributed by atoms with van der Waals surface area (Å²) in [5.74, 6) is 0.544. The van der Waals surface area contributed by atoms with Gasteiger partial charge in [-0.2, -0.15) is 0 Å². The molecule has 1 aromatic rings. The summed E-state index contributed by atoms with van der Waals surface area (Å²) >= 11 is 5.98. The second-order valence-corrected chi connectivity index (χ2v) is 7.27. The monoisotopic (exact) mass is 305 g/mol. The van der Waals surface area contributed by atoms with Crippen LogP contribution in [0.2, 0.25) is 5.02 Å². The van der Waals surface area contributed by atoms with Crippen molar-refractivity contribution < 1.29 is 13.2 Å². The Bertz CT molecular complexity index is 531. The SMILES string of the molecule is CCNC(c1ccc(Cl)c(OC)c1)C(C)S(C)(=O)=O. The maximum Gasteiger partial charge on any atom is 0.151 e. The summed E-state index contributed by atoms with van der Waals surface area (Å²) in [4.78, 5) is 0. The Morgan fingerprint density at radius 3 is 2.53 bits per heavy atom. The molecule has 0 radical (unpaired) electrons. The highest BCUT2D eigenvalue weighted by atomic mass is 35.5. The van der Waals surface area contributed by atoms with Crippen molar-refractivity contribution >= 4 is 21.4 Å². The molecule has 0 aliphatic rings. The lowest BCUT2D eigenvalue weighted by Gasteiger charge is -2.24. The molecule has 2 unspecified atom stereocenters. The minimum atomic E-state index is -3.14. The fourth-order valence-corrected chi connectivity index (χ4v) is 2.83. The second kappa shape index (κ2) is 6.59. The zero-order valence-electron chi connectivity index (χ0n) is 11.6. The van der Waals surface area contributed by atoms with Crippen LogP contribution in [-0.2, 0) is 9.84 Å². The van der Waals surface area contributed by atoms with E-state index in [9.17, 15) is 8.42 Å². The standard InChI is InChI=1S/C13H20ClNO3S/c1-5-15-13(9(2)19(4,16)17)10-6-7-11(14)12(8-10)18-3/h6-9,13,15H,5H2,1-4H3. The molecule has 0 heterocycles. The molecular weight excluding hydrogens is 286 g/mol. The number of hydrogen-bond acceptors (Lipinski definition) is 4. The molecule has 2 atom stereocenters. The number of nitrogens with one attached hydrogen (secondary N) is 1. The van der Waals surface area contributed by atoms with Crippen molar-refractivity contribution in [1.29, 1.82) is 0 Å². The van der Waals surface area contributed by atoms with Crippen LogP contribution in [0.1, 0.15) is 25.5 Å². The third kappa shape index (κ3) is 4.09. The summed E-state index contributed by atoms with van der Waals surface area (Å²) < 4.78 is 28.7. The number of halogens is 1. The average Bonchev–Trinajstić information content (AvgIpc) is 2.35. The zero-order valence-corrected chi connectivity index (χ0v) is 13.2. The molecule has 0 aliphatic heterocycles. The molecule has 0 amide bonds. The summed E-state index contributed by atoms with van der Waals surface area (Å²) in [5.41, 5.74) is 0.848. The van der Waals surface area contributed by atoms with Crippen LogP contribution >= 0.6 is 11.6 Å². The Labute approximate surface area is 120 Å². The van der Waals surface area contributed by atoms with E-state index in [2.05, 4.69) is 5.32 Å². The van der Waals surface area contributed by atoms with Gasteiger partial charge in [0.1, 0.15) is 5.75 Å². The fourth-order valence-electron chi connectivity index (χ4n) is 1.89. The molecule has 0 fully saturated rings. The lowest BCUT2D eigenvalue weighted by Crippen LogP contribution is -2.34. The van der Waals surface area contributed by atoms with Gasteiger partial charge in [-0.15, -0.1) is 0 Å². The van der Waals surface area contributed by atoms with Crippen molar-refractivity contribution in [2.75, 3.05) is 19.9 Å². The molecule has 0 bridgehead atoms. The molecule has 0 saturated carbocycles. The molecule has 1 aromatic carbocycles. The molecule has 0 aliphatic carbocycles. The largest absolute Gasteiger partial charge is 0.495 e. The van der Waals surface area contributed by atoms with Gasteiger partial charge < -0.3 is 10.1 Å². The van der Waals surface area contributed by atoms with Gasteiger partial charge in [0.05, 0.1) is 17.4 Å². The van der Waals surface area contributed by atoms with Gasteiger partial charge in [-0.05, 0) is 31.2 Å². The number of hydrogen-bond donors (Lipinski definition) is 1. The van der Waals surface area contributed by atoms with Crippen LogP contribution in [0.4, 0.5) is 0 Å². The first kappa shape index (κ1) is 16.3. The van der Waals surface area contributed by atoms with Gasteiger partial charge in [-0.3, -0.25) is 0 Å². The number of benzene rings is 1. The van der Waals surface area contributed by atoms with E-state index in [1.54, 1.807) is 19.1 Å². The fraction of sp³-hybridized carbons (Fsp3) is 0.538. The van der Waals surface area contributed by atoms with Gasteiger partial charge in [0, 0.05) is 12.3 Å². The van der Waals surface area contributed by atoms with Crippen LogP contribution in [0.15, 0.2) is 18.2 Å². The number of methoxy groups -OCH3 is 1. The Hall–Kier alpha value is -0.780. The van der Waals surface area contributed by atoms with Crippen LogP contribution in [0.25, 0.3) is 0 Å². The van der Waals surface area contributed by atoms with E-state index in [1.165, 1.54) is 13.4 Å². The molecule has 19 heavy (non-hydrogen) atoms. The van der Waals surface area contributed by atoms with Gasteiger partial charge in [0.25, 0.3) is 0 Å². The maximum absolute atomic E-state index is 11.7. The zero-order chi connectivity index (χ0) is 14.6. The van der Waals surface area contributed by atoms with Gasteiger partial charge >= 0.3 is 0 Å². The highest BCUT2D eigenvalue weighted by Crippen LogP contribution is 2.30. The number of ether oxygens (including phenoxy) is 1. The lowest BCUT2D eigenvalue weighted by molar-refractivity contribution is 0.413. The molecule has 4 nitrogen and oxygen atoms in total. The van der Waals surface area contributed by atoms with Crippen molar-refractivity contribution in [3.8, 4) is 5.75 Å². The Morgan fingerprint density at radius 2 is 2.05 bits per heavy atom. The summed E-state index contributed by atoms with van der Waals surface area (Å²) in [7, 11) is -1.60. The lowest BCUT2D eigenvalue weighted by atomic mass is 10.0. The maximum atomic E-state index is 11.7. The molecule has 0 spiro atoms. The van der Waals surface area contributed by atoms with Crippen molar-refractivity contribution in [2.24, 2.45) is 0 Å². The van der Waals surface area contributed by atoms with E-state index in [4.69, 9.17) is 16.3 Å². The number of rotatable bonds is 6. The Kier molecular flexibility index (Phi) is 5.64. The van der Waals surface area contributed by atoms with Gasteiger partial charge in [-0.1, -0.05) is 24.6 Å². The van der Waals surface area contributed by atoms with Gasteiger partial charge in [-0.25, -0.2) is 8.42 Å². The molecular formula is C13H20ClNO3S. The third-order valence-corrected chi connectivity index (χ3v) is 5.04. The Balaban J connectivity index is 3.19. The highest BCUT2D eigenvalue weighted by Gasteiger charge is 2.27. The first-order chi connectivity index (χ1) is 8.81. The van der Waals surface area contributed by atoms with Gasteiger partial charge in [0.2, 0.25) is 0 Å². The van der Waals surface area contributed by atoms with Crippen LogP contribution < -0.4 is 10.1 Å². The minimum absolute atomic E-state index is 0.286. The van der Waals surface area contributed by atoms with Crippen LogP contribution in [0, 0.1) is 0 Å². The third-order valence-electron chi connectivity index (χ3n) is 3.10. The molecule has 1 rings (SSSR count). The number of sulfone groups is 1. The predicted molar refractivity (Wildman–Crippen MR) is 78.7 cm³/mol. The molecule has 108 valence electrons. The molecule has 0 aromatic heterocycles. The molecule has 6 heteroatoms. The van der Waals surface area contributed by atoms with E-state index in [1.807, 2.05) is 13.0 Å². The van der Waals surface area contributed by atoms with E-state index in [-0.39, 0.29) is 6.04 Å². The van der Waals surface area contributed by atoms with Crippen molar-refractivity contribution in [1.82, 2.24) is 5.32 Å². The van der Waals surface area contributed by atoms with Gasteiger partial charge in [0.15, 0.2) is 9.84 Å². The van der Waals surface area contributed by atoms with Crippen molar-refractivity contribution in [3.05, 3.63) is 28.8 Å². The quantitative estimate of drug-likeness (QED) is 0.877. The predicted octanol–water partition coefficient (Wildman–Crippen LogP) is 2.43. The van der Waals surface area contributed by atoms with E-state index >= 15 is 0 Å². The smallest absolute Gasteiger partial charge is 0.151 e. The van der Waals surface area contributed by atoms with Crippen LogP contribution in [-0.4, -0.2) is 33.6 Å². The molecule has 0 saturated heterocycles. The summed E-state index contributed by atoms with van der Waals surface area (Å²) in [6, 6.07) is 5.03. The topological polar surface area (TPSA) is 55.4 Å². The summed E-state index contributed by atoms with van der Waals surface area (Å²) in [6.45, 7) is 4.31. The second-order valence-electron chi connectivity index (χ2n) is 4.46. The van der Waals surface area contributed by atoms with E-state index in [0.717, 1.165) is 5.56 Å². The molecule has 1 N–H and O–H groups in total. The first-order valence-electron chi connectivity index (χ1n) is 6.07. The van der Waals surface area contributed by atoms with Crippen LogP contribution in [0.5, 0.6) is 5.75 Å². The summed E-state index contributed by atoms with van der Waals surface area (Å²) in [6.07, 6.45) is 1.25. The average molecular weight is 306 g/mol. The van der Waals surface area contributed by atoms with Crippen LogP contribution in [0.3, 0.4) is 0 Å². The van der Waals surface area contributed by atoms with Crippen molar-refractivity contribution in [2.45, 2.75) is 25.1 Å².